The Morgan fingerprint density at radius 3 is 2.71 bits per heavy atom. The molecule has 0 aromatic carbocycles. The molecule has 0 radical (unpaired) electrons. The first-order valence-electron chi connectivity index (χ1n) is 8.64. The molecule has 1 saturated heterocycles. The molecular weight excluding hydrogens is 306 g/mol. The number of hydrogen-bond donors (Lipinski definition) is 1. The maximum Gasteiger partial charge on any atom is 0.322 e. The van der Waals surface area contributed by atoms with Gasteiger partial charge in [0, 0.05) is 32.8 Å². The number of anilines is 1. The number of piperazine rings is 1. The highest BCUT2D eigenvalue weighted by molar-refractivity contribution is 5.91. The molecule has 1 aliphatic heterocycles. The lowest BCUT2D eigenvalue weighted by atomic mass is 10.0. The van der Waals surface area contributed by atoms with Crippen molar-refractivity contribution >= 4 is 11.7 Å². The average Bonchev–Trinajstić information content (AvgIpc) is 2.80. The van der Waals surface area contributed by atoms with Gasteiger partial charge in [0.05, 0.1) is 30.2 Å². The van der Waals surface area contributed by atoms with Crippen LogP contribution in [0.1, 0.15) is 25.2 Å². The summed E-state index contributed by atoms with van der Waals surface area (Å²) in [6.07, 6.45) is 0. The SMILES string of the molecule is COCCn1nc(C)c(NC(=O)N2CCN(C)C[C@@H]2C(C)C)c1C. The smallest absolute Gasteiger partial charge is 0.322 e. The molecular formula is C17H31N5O2. The highest BCUT2D eigenvalue weighted by Crippen LogP contribution is 2.22. The van der Waals surface area contributed by atoms with Crippen LogP contribution in [0.4, 0.5) is 10.5 Å². The fraction of sp³-hybridized carbons (Fsp3) is 0.765. The molecule has 7 nitrogen and oxygen atoms in total. The molecule has 0 bridgehead atoms. The zero-order chi connectivity index (χ0) is 17.9. The summed E-state index contributed by atoms with van der Waals surface area (Å²) in [5, 5.41) is 7.60. The van der Waals surface area contributed by atoms with E-state index in [2.05, 4.69) is 36.2 Å². The van der Waals surface area contributed by atoms with Gasteiger partial charge < -0.3 is 19.9 Å². The Morgan fingerprint density at radius 1 is 1.38 bits per heavy atom. The van der Waals surface area contributed by atoms with E-state index in [9.17, 15) is 4.79 Å². The van der Waals surface area contributed by atoms with Crippen LogP contribution in [0.15, 0.2) is 0 Å². The minimum absolute atomic E-state index is 0.0284. The Morgan fingerprint density at radius 2 is 2.08 bits per heavy atom. The number of ether oxygens (including phenoxy) is 1. The van der Waals surface area contributed by atoms with Crippen LogP contribution in [-0.2, 0) is 11.3 Å². The molecule has 0 spiro atoms. The van der Waals surface area contributed by atoms with E-state index in [1.165, 1.54) is 0 Å². The van der Waals surface area contributed by atoms with Crippen LogP contribution in [0.2, 0.25) is 0 Å². The number of carbonyl (C=O) groups excluding carboxylic acids is 1. The zero-order valence-corrected chi connectivity index (χ0v) is 15.8. The number of hydrogen-bond acceptors (Lipinski definition) is 4. The Hall–Kier alpha value is -1.60. The van der Waals surface area contributed by atoms with Crippen LogP contribution in [-0.4, -0.2) is 72.1 Å². The van der Waals surface area contributed by atoms with Gasteiger partial charge in [0.25, 0.3) is 0 Å². The monoisotopic (exact) mass is 337 g/mol. The van der Waals surface area contributed by atoms with E-state index < -0.39 is 0 Å². The molecule has 136 valence electrons. The summed E-state index contributed by atoms with van der Waals surface area (Å²) in [6, 6.07) is 0.201. The lowest BCUT2D eigenvalue weighted by Gasteiger charge is -2.42. The Bertz CT molecular complexity index is 570. The first kappa shape index (κ1) is 18.7. The van der Waals surface area contributed by atoms with Gasteiger partial charge in [0.2, 0.25) is 0 Å². The Labute approximate surface area is 144 Å². The van der Waals surface area contributed by atoms with Gasteiger partial charge in [-0.1, -0.05) is 13.8 Å². The van der Waals surface area contributed by atoms with E-state index in [1.807, 2.05) is 23.4 Å². The van der Waals surface area contributed by atoms with Crippen LogP contribution >= 0.6 is 0 Å². The molecule has 1 aromatic heterocycles. The summed E-state index contributed by atoms with van der Waals surface area (Å²) >= 11 is 0. The number of nitrogens with one attached hydrogen (secondary N) is 1. The highest BCUT2D eigenvalue weighted by Gasteiger charge is 2.31. The minimum Gasteiger partial charge on any atom is -0.383 e. The normalized spacial score (nSPS) is 19.1. The van der Waals surface area contributed by atoms with Crippen molar-refractivity contribution in [3.05, 3.63) is 11.4 Å². The molecule has 1 atom stereocenters. The largest absolute Gasteiger partial charge is 0.383 e. The number of urea groups is 1. The van der Waals surface area contributed by atoms with Gasteiger partial charge >= 0.3 is 6.03 Å². The number of amides is 2. The number of rotatable bonds is 5. The van der Waals surface area contributed by atoms with Crippen molar-refractivity contribution in [1.82, 2.24) is 19.6 Å². The van der Waals surface area contributed by atoms with Crippen LogP contribution in [0, 0.1) is 19.8 Å². The topological polar surface area (TPSA) is 62.6 Å². The molecule has 0 saturated carbocycles. The molecule has 24 heavy (non-hydrogen) atoms. The predicted molar refractivity (Wildman–Crippen MR) is 95.4 cm³/mol. The molecule has 1 aromatic rings. The number of carbonyl (C=O) groups is 1. The van der Waals surface area contributed by atoms with E-state index >= 15 is 0 Å². The Balaban J connectivity index is 2.12. The van der Waals surface area contributed by atoms with Gasteiger partial charge in [-0.15, -0.1) is 0 Å². The number of nitrogens with zero attached hydrogens (tertiary/aromatic N) is 4. The average molecular weight is 337 g/mol. The molecule has 2 rings (SSSR count). The first-order valence-corrected chi connectivity index (χ1v) is 8.64. The molecule has 1 aliphatic rings. The second kappa shape index (κ2) is 7.98. The van der Waals surface area contributed by atoms with Crippen LogP contribution in [0.3, 0.4) is 0 Å². The van der Waals surface area contributed by atoms with E-state index in [4.69, 9.17) is 4.74 Å². The standard InChI is InChI=1S/C17H31N5O2/c1-12(2)15-11-20(5)7-8-21(15)17(23)18-16-13(3)19-22(14(16)4)9-10-24-6/h12,15H,7-11H2,1-6H3,(H,18,23)/t15-/m1/s1. The molecule has 0 unspecified atom stereocenters. The third kappa shape index (κ3) is 4.08. The van der Waals surface area contributed by atoms with Gasteiger partial charge in [-0.2, -0.15) is 5.10 Å². The number of likely N-dealkylation sites (N-methyl/N-ethyl adjacent to an activating group) is 1. The molecule has 0 aliphatic carbocycles. The van der Waals surface area contributed by atoms with E-state index in [-0.39, 0.29) is 12.1 Å². The summed E-state index contributed by atoms with van der Waals surface area (Å²) in [5.41, 5.74) is 2.62. The molecule has 2 heterocycles. The van der Waals surface area contributed by atoms with Crippen molar-refractivity contribution in [2.24, 2.45) is 5.92 Å². The van der Waals surface area contributed by atoms with Crippen molar-refractivity contribution < 1.29 is 9.53 Å². The summed E-state index contributed by atoms with van der Waals surface area (Å²) in [4.78, 5) is 17.1. The zero-order valence-electron chi connectivity index (χ0n) is 15.8. The second-order valence-corrected chi connectivity index (χ2v) is 6.96. The van der Waals surface area contributed by atoms with Crippen molar-refractivity contribution in [1.29, 1.82) is 0 Å². The summed E-state index contributed by atoms with van der Waals surface area (Å²) in [5.74, 6) is 0.421. The third-order valence-corrected chi connectivity index (χ3v) is 4.77. The third-order valence-electron chi connectivity index (χ3n) is 4.77. The van der Waals surface area contributed by atoms with Crippen molar-refractivity contribution in [3.63, 3.8) is 0 Å². The number of methoxy groups -OCH3 is 1. The number of aryl methyl sites for hydroxylation is 1. The maximum atomic E-state index is 12.9. The van der Waals surface area contributed by atoms with Crippen LogP contribution in [0.25, 0.3) is 0 Å². The Kier molecular flexibility index (Phi) is 6.23. The van der Waals surface area contributed by atoms with Crippen molar-refractivity contribution in [2.45, 2.75) is 40.3 Å². The van der Waals surface area contributed by atoms with Crippen LogP contribution < -0.4 is 5.32 Å². The van der Waals surface area contributed by atoms with Crippen molar-refractivity contribution in [3.8, 4) is 0 Å². The summed E-state index contributed by atoms with van der Waals surface area (Å²) < 4.78 is 7.00. The fourth-order valence-corrected chi connectivity index (χ4v) is 3.23. The van der Waals surface area contributed by atoms with Gasteiger partial charge in [-0.25, -0.2) is 4.79 Å². The van der Waals surface area contributed by atoms with Gasteiger partial charge in [-0.05, 0) is 26.8 Å². The fourth-order valence-electron chi connectivity index (χ4n) is 3.23. The van der Waals surface area contributed by atoms with Gasteiger partial charge in [0.1, 0.15) is 0 Å². The summed E-state index contributed by atoms with van der Waals surface area (Å²) in [6.45, 7) is 12.1. The predicted octanol–water partition coefficient (Wildman–Crippen LogP) is 1.95. The molecule has 2 amide bonds. The van der Waals surface area contributed by atoms with E-state index in [0.29, 0.717) is 19.1 Å². The second-order valence-electron chi connectivity index (χ2n) is 6.96. The van der Waals surface area contributed by atoms with Gasteiger partial charge in [-0.3, -0.25) is 4.68 Å². The number of aromatic nitrogens is 2. The lowest BCUT2D eigenvalue weighted by Crippen LogP contribution is -2.57. The van der Waals surface area contributed by atoms with Gasteiger partial charge in [0.15, 0.2) is 0 Å². The first-order chi connectivity index (χ1) is 11.3. The highest BCUT2D eigenvalue weighted by atomic mass is 16.5. The quantitative estimate of drug-likeness (QED) is 0.892. The molecule has 1 N–H and O–H groups in total. The minimum atomic E-state index is -0.0284. The molecule has 1 fully saturated rings. The van der Waals surface area contributed by atoms with E-state index in [0.717, 1.165) is 36.7 Å². The van der Waals surface area contributed by atoms with Crippen molar-refractivity contribution in [2.75, 3.05) is 45.7 Å². The van der Waals surface area contributed by atoms with Crippen LogP contribution in [0.5, 0.6) is 0 Å². The maximum absolute atomic E-state index is 12.9. The summed E-state index contributed by atoms with van der Waals surface area (Å²) in [7, 11) is 3.78. The van der Waals surface area contributed by atoms with E-state index in [1.54, 1.807) is 7.11 Å². The molecule has 7 heteroatoms. The lowest BCUT2D eigenvalue weighted by molar-refractivity contribution is 0.0922.